The molecule has 0 atom stereocenters. The molecule has 1 saturated carbocycles. The smallest absolute Gasteiger partial charge is 0.183 e. The topological polar surface area (TPSA) is 34.1 Å². The number of ether oxygens (including phenoxy) is 1. The van der Waals surface area contributed by atoms with Crippen molar-refractivity contribution < 1.29 is 4.74 Å². The zero-order valence-corrected chi connectivity index (χ0v) is 8.56. The summed E-state index contributed by atoms with van der Waals surface area (Å²) in [6.07, 6.45) is 5.51. The zero-order valence-electron chi connectivity index (χ0n) is 7.75. The van der Waals surface area contributed by atoms with Crippen molar-refractivity contribution in [1.29, 1.82) is 0 Å². The third-order valence-corrected chi connectivity index (χ3v) is 3.22. The van der Waals surface area contributed by atoms with Gasteiger partial charge in [0.15, 0.2) is 5.13 Å². The Morgan fingerprint density at radius 1 is 1.69 bits per heavy atom. The van der Waals surface area contributed by atoms with Crippen LogP contribution in [0.2, 0.25) is 0 Å². The van der Waals surface area contributed by atoms with Gasteiger partial charge in [-0.05, 0) is 19.3 Å². The molecule has 1 aliphatic carbocycles. The average Bonchev–Trinajstić information content (AvgIpc) is 2.53. The second-order valence-electron chi connectivity index (χ2n) is 3.53. The Morgan fingerprint density at radius 3 is 3.00 bits per heavy atom. The van der Waals surface area contributed by atoms with Gasteiger partial charge in [0.1, 0.15) is 0 Å². The van der Waals surface area contributed by atoms with E-state index in [0.717, 1.165) is 11.7 Å². The number of methoxy groups -OCH3 is 1. The molecule has 0 spiro atoms. The van der Waals surface area contributed by atoms with E-state index in [2.05, 4.69) is 10.3 Å². The lowest BCUT2D eigenvalue weighted by Crippen LogP contribution is -2.48. The van der Waals surface area contributed by atoms with Crippen LogP contribution in [0.15, 0.2) is 11.6 Å². The molecule has 0 aromatic carbocycles. The van der Waals surface area contributed by atoms with E-state index < -0.39 is 0 Å². The van der Waals surface area contributed by atoms with E-state index in [-0.39, 0.29) is 5.54 Å². The van der Waals surface area contributed by atoms with E-state index in [0.29, 0.717) is 0 Å². The predicted octanol–water partition coefficient (Wildman–Crippen LogP) is 2.12. The molecule has 13 heavy (non-hydrogen) atoms. The van der Waals surface area contributed by atoms with Gasteiger partial charge < -0.3 is 10.1 Å². The first-order valence-electron chi connectivity index (χ1n) is 4.51. The first-order valence-corrected chi connectivity index (χ1v) is 5.39. The number of rotatable bonds is 4. The average molecular weight is 198 g/mol. The normalized spacial score (nSPS) is 19.5. The van der Waals surface area contributed by atoms with Crippen molar-refractivity contribution >= 4 is 16.5 Å². The summed E-state index contributed by atoms with van der Waals surface area (Å²) in [7, 11) is 1.75. The van der Waals surface area contributed by atoms with Gasteiger partial charge in [0.25, 0.3) is 0 Å². The van der Waals surface area contributed by atoms with Gasteiger partial charge in [0.2, 0.25) is 0 Å². The molecule has 0 saturated heterocycles. The molecule has 1 heterocycles. The predicted molar refractivity (Wildman–Crippen MR) is 54.2 cm³/mol. The summed E-state index contributed by atoms with van der Waals surface area (Å²) >= 11 is 1.65. The summed E-state index contributed by atoms with van der Waals surface area (Å²) in [6.45, 7) is 0.784. The van der Waals surface area contributed by atoms with Gasteiger partial charge in [-0.1, -0.05) is 0 Å². The van der Waals surface area contributed by atoms with Crippen molar-refractivity contribution in [2.24, 2.45) is 0 Å². The summed E-state index contributed by atoms with van der Waals surface area (Å²) in [6, 6.07) is 0. The van der Waals surface area contributed by atoms with Gasteiger partial charge in [-0.25, -0.2) is 4.98 Å². The fraction of sp³-hybridized carbons (Fsp3) is 0.667. The van der Waals surface area contributed by atoms with E-state index in [1.54, 1.807) is 18.4 Å². The van der Waals surface area contributed by atoms with Crippen LogP contribution in [-0.2, 0) is 4.74 Å². The number of anilines is 1. The molecule has 0 amide bonds. The molecular formula is C9H14N2OS. The van der Waals surface area contributed by atoms with E-state index >= 15 is 0 Å². The Labute approximate surface area is 82.1 Å². The molecule has 3 nitrogen and oxygen atoms in total. The molecule has 1 N–H and O–H groups in total. The highest BCUT2D eigenvalue weighted by molar-refractivity contribution is 7.13. The van der Waals surface area contributed by atoms with Crippen LogP contribution >= 0.6 is 11.3 Å². The number of nitrogens with zero attached hydrogens (tertiary/aromatic N) is 1. The molecule has 2 rings (SSSR count). The summed E-state index contributed by atoms with van der Waals surface area (Å²) in [5.41, 5.74) is 0.173. The summed E-state index contributed by atoms with van der Waals surface area (Å²) in [5, 5.41) is 6.45. The van der Waals surface area contributed by atoms with Crippen LogP contribution in [0.5, 0.6) is 0 Å². The molecule has 1 fully saturated rings. The highest BCUT2D eigenvalue weighted by atomic mass is 32.1. The van der Waals surface area contributed by atoms with E-state index in [1.165, 1.54) is 19.3 Å². The third-order valence-electron chi connectivity index (χ3n) is 2.54. The molecule has 1 aromatic heterocycles. The number of hydrogen-bond donors (Lipinski definition) is 1. The van der Waals surface area contributed by atoms with E-state index in [9.17, 15) is 0 Å². The Kier molecular flexibility index (Phi) is 2.51. The third kappa shape index (κ3) is 1.84. The lowest BCUT2D eigenvalue weighted by Gasteiger charge is -2.41. The molecule has 0 bridgehead atoms. The number of thiazole rings is 1. The molecule has 72 valence electrons. The first-order chi connectivity index (χ1) is 6.35. The SMILES string of the molecule is COCC1(Nc2nccs2)CCC1. The lowest BCUT2D eigenvalue weighted by atomic mass is 9.77. The lowest BCUT2D eigenvalue weighted by molar-refractivity contribution is 0.0983. The van der Waals surface area contributed by atoms with Gasteiger partial charge in [-0.2, -0.15) is 0 Å². The minimum Gasteiger partial charge on any atom is -0.382 e. The van der Waals surface area contributed by atoms with Crippen LogP contribution in [0, 0.1) is 0 Å². The second kappa shape index (κ2) is 3.64. The molecule has 1 aromatic rings. The van der Waals surface area contributed by atoms with E-state index in [4.69, 9.17) is 4.74 Å². The van der Waals surface area contributed by atoms with Crippen molar-refractivity contribution in [2.45, 2.75) is 24.8 Å². The molecule has 0 unspecified atom stereocenters. The van der Waals surface area contributed by atoms with Crippen LogP contribution < -0.4 is 5.32 Å². The maximum absolute atomic E-state index is 5.21. The van der Waals surface area contributed by atoms with Crippen molar-refractivity contribution in [3.63, 3.8) is 0 Å². The van der Waals surface area contributed by atoms with Gasteiger partial charge in [-0.15, -0.1) is 11.3 Å². The Morgan fingerprint density at radius 2 is 2.54 bits per heavy atom. The minimum absolute atomic E-state index is 0.173. The number of nitrogens with one attached hydrogen (secondary N) is 1. The summed E-state index contributed by atoms with van der Waals surface area (Å²) < 4.78 is 5.21. The quantitative estimate of drug-likeness (QED) is 0.804. The number of hydrogen-bond acceptors (Lipinski definition) is 4. The minimum atomic E-state index is 0.173. The molecule has 0 aliphatic heterocycles. The fourth-order valence-electron chi connectivity index (χ4n) is 1.70. The summed E-state index contributed by atoms with van der Waals surface area (Å²) in [5.74, 6) is 0. The standard InChI is InChI=1S/C9H14N2OS/c1-12-7-9(3-2-4-9)11-8-10-5-6-13-8/h5-6H,2-4,7H2,1H3,(H,10,11). The van der Waals surface area contributed by atoms with Gasteiger partial charge in [-0.3, -0.25) is 0 Å². The van der Waals surface area contributed by atoms with Crippen LogP contribution in [0.1, 0.15) is 19.3 Å². The largest absolute Gasteiger partial charge is 0.382 e. The van der Waals surface area contributed by atoms with Crippen molar-refractivity contribution in [3.8, 4) is 0 Å². The van der Waals surface area contributed by atoms with Crippen molar-refractivity contribution in [1.82, 2.24) is 4.98 Å². The monoisotopic (exact) mass is 198 g/mol. The Balaban J connectivity index is 1.98. The second-order valence-corrected chi connectivity index (χ2v) is 4.42. The molecule has 4 heteroatoms. The van der Waals surface area contributed by atoms with Crippen LogP contribution in [0.4, 0.5) is 5.13 Å². The highest BCUT2D eigenvalue weighted by Gasteiger charge is 2.37. The van der Waals surface area contributed by atoms with E-state index in [1.807, 2.05) is 11.6 Å². The zero-order chi connectivity index (χ0) is 9.15. The van der Waals surface area contributed by atoms with Crippen LogP contribution in [0.25, 0.3) is 0 Å². The van der Waals surface area contributed by atoms with Crippen molar-refractivity contribution in [2.75, 3.05) is 19.0 Å². The van der Waals surface area contributed by atoms with Crippen LogP contribution in [-0.4, -0.2) is 24.2 Å². The van der Waals surface area contributed by atoms with Crippen LogP contribution in [0.3, 0.4) is 0 Å². The molecular weight excluding hydrogens is 184 g/mol. The summed E-state index contributed by atoms with van der Waals surface area (Å²) in [4.78, 5) is 4.22. The fourth-order valence-corrected chi connectivity index (χ4v) is 2.35. The van der Waals surface area contributed by atoms with Crippen molar-refractivity contribution in [3.05, 3.63) is 11.6 Å². The maximum Gasteiger partial charge on any atom is 0.183 e. The number of aromatic nitrogens is 1. The molecule has 1 aliphatic rings. The van der Waals surface area contributed by atoms with Gasteiger partial charge in [0.05, 0.1) is 12.1 Å². The molecule has 0 radical (unpaired) electrons. The first kappa shape index (κ1) is 8.97. The Hall–Kier alpha value is -0.610. The Bertz CT molecular complexity index is 257. The maximum atomic E-state index is 5.21. The van der Waals surface area contributed by atoms with Gasteiger partial charge >= 0.3 is 0 Å². The highest BCUT2D eigenvalue weighted by Crippen LogP contribution is 2.35. The van der Waals surface area contributed by atoms with Gasteiger partial charge in [0, 0.05) is 18.7 Å².